The van der Waals surface area contributed by atoms with E-state index in [4.69, 9.17) is 9.47 Å². The SMILES string of the molecule is COc1ccc(CCN2CC(C(=O)NCCN(C)Cc3ccccc3)CC2=O)cc1OC. The lowest BCUT2D eigenvalue weighted by atomic mass is 10.1. The molecule has 1 aliphatic rings. The van der Waals surface area contributed by atoms with Gasteiger partial charge in [0.1, 0.15) is 0 Å². The smallest absolute Gasteiger partial charge is 0.225 e. The van der Waals surface area contributed by atoms with Crippen molar-refractivity contribution in [3.05, 3.63) is 59.7 Å². The van der Waals surface area contributed by atoms with Crippen molar-refractivity contribution in [3.8, 4) is 11.5 Å². The number of likely N-dealkylation sites (tertiary alicyclic amines) is 1. The molecule has 1 N–H and O–H groups in total. The molecule has 172 valence electrons. The number of carbonyl (C=O) groups is 2. The van der Waals surface area contributed by atoms with E-state index >= 15 is 0 Å². The number of hydrogen-bond acceptors (Lipinski definition) is 5. The molecule has 0 radical (unpaired) electrons. The average molecular weight is 440 g/mol. The van der Waals surface area contributed by atoms with Crippen LogP contribution in [-0.4, -0.2) is 69.1 Å². The third-order valence-electron chi connectivity index (χ3n) is 5.79. The molecule has 1 aliphatic heterocycles. The second-order valence-electron chi connectivity index (χ2n) is 8.19. The van der Waals surface area contributed by atoms with Gasteiger partial charge in [0.15, 0.2) is 11.5 Å². The zero-order chi connectivity index (χ0) is 22.9. The van der Waals surface area contributed by atoms with Crippen molar-refractivity contribution < 1.29 is 19.1 Å². The Morgan fingerprint density at radius 2 is 1.84 bits per heavy atom. The Balaban J connectivity index is 1.41. The molecule has 1 saturated heterocycles. The summed E-state index contributed by atoms with van der Waals surface area (Å²) < 4.78 is 10.6. The summed E-state index contributed by atoms with van der Waals surface area (Å²) in [6.45, 7) is 3.21. The summed E-state index contributed by atoms with van der Waals surface area (Å²) >= 11 is 0. The van der Waals surface area contributed by atoms with Crippen LogP contribution in [0.15, 0.2) is 48.5 Å². The maximum Gasteiger partial charge on any atom is 0.225 e. The second-order valence-corrected chi connectivity index (χ2v) is 8.19. The molecule has 0 spiro atoms. The summed E-state index contributed by atoms with van der Waals surface area (Å²) in [5.41, 5.74) is 2.30. The average Bonchev–Trinajstić information content (AvgIpc) is 3.18. The van der Waals surface area contributed by atoms with Gasteiger partial charge in [-0.15, -0.1) is 0 Å². The Bertz CT molecular complexity index is 903. The van der Waals surface area contributed by atoms with Crippen LogP contribution in [0.4, 0.5) is 0 Å². The second kappa shape index (κ2) is 11.5. The van der Waals surface area contributed by atoms with E-state index in [-0.39, 0.29) is 24.2 Å². The largest absolute Gasteiger partial charge is 0.493 e. The number of hydrogen-bond donors (Lipinski definition) is 1. The van der Waals surface area contributed by atoms with Gasteiger partial charge >= 0.3 is 0 Å². The molecule has 7 heteroatoms. The molecule has 2 amide bonds. The van der Waals surface area contributed by atoms with Crippen molar-refractivity contribution in [1.29, 1.82) is 0 Å². The fourth-order valence-electron chi connectivity index (χ4n) is 3.95. The van der Waals surface area contributed by atoms with E-state index in [1.54, 1.807) is 19.1 Å². The number of benzene rings is 2. The summed E-state index contributed by atoms with van der Waals surface area (Å²) in [5, 5.41) is 2.99. The molecule has 0 aliphatic carbocycles. The Hall–Kier alpha value is -3.06. The van der Waals surface area contributed by atoms with Gasteiger partial charge in [0.25, 0.3) is 0 Å². The number of nitrogens with one attached hydrogen (secondary N) is 1. The molecule has 1 heterocycles. The summed E-state index contributed by atoms with van der Waals surface area (Å²) in [6, 6.07) is 16.0. The minimum absolute atomic E-state index is 0.0341. The molecule has 3 rings (SSSR count). The number of nitrogens with zero attached hydrogens (tertiary/aromatic N) is 2. The molecule has 0 aromatic heterocycles. The van der Waals surface area contributed by atoms with Gasteiger partial charge in [-0.25, -0.2) is 0 Å². The van der Waals surface area contributed by atoms with E-state index in [1.165, 1.54) is 5.56 Å². The first-order valence-electron chi connectivity index (χ1n) is 11.0. The minimum Gasteiger partial charge on any atom is -0.493 e. The van der Waals surface area contributed by atoms with Gasteiger partial charge in [0.2, 0.25) is 11.8 Å². The van der Waals surface area contributed by atoms with Gasteiger partial charge in [0, 0.05) is 39.1 Å². The Morgan fingerprint density at radius 3 is 2.56 bits per heavy atom. The maximum absolute atomic E-state index is 12.6. The lowest BCUT2D eigenvalue weighted by Crippen LogP contribution is -2.37. The number of rotatable bonds is 11. The highest BCUT2D eigenvalue weighted by Gasteiger charge is 2.33. The Kier molecular flexibility index (Phi) is 8.50. The van der Waals surface area contributed by atoms with Gasteiger partial charge in [-0.3, -0.25) is 9.59 Å². The Labute approximate surface area is 190 Å². The fourth-order valence-corrected chi connectivity index (χ4v) is 3.95. The van der Waals surface area contributed by atoms with Crippen LogP contribution >= 0.6 is 0 Å². The zero-order valence-electron chi connectivity index (χ0n) is 19.2. The van der Waals surface area contributed by atoms with E-state index in [2.05, 4.69) is 22.3 Å². The zero-order valence-corrected chi connectivity index (χ0v) is 19.2. The van der Waals surface area contributed by atoms with E-state index in [0.29, 0.717) is 37.6 Å². The van der Waals surface area contributed by atoms with Crippen LogP contribution in [0, 0.1) is 5.92 Å². The van der Waals surface area contributed by atoms with Gasteiger partial charge < -0.3 is 24.6 Å². The van der Waals surface area contributed by atoms with Crippen molar-refractivity contribution in [2.45, 2.75) is 19.4 Å². The monoisotopic (exact) mass is 439 g/mol. The third kappa shape index (κ3) is 6.47. The summed E-state index contributed by atoms with van der Waals surface area (Å²) in [4.78, 5) is 28.9. The quantitative estimate of drug-likeness (QED) is 0.582. The van der Waals surface area contributed by atoms with Crippen LogP contribution in [0.1, 0.15) is 17.5 Å². The van der Waals surface area contributed by atoms with E-state index < -0.39 is 0 Å². The molecule has 0 bridgehead atoms. The molecule has 32 heavy (non-hydrogen) atoms. The molecule has 1 unspecified atom stereocenters. The molecule has 2 aromatic rings. The van der Waals surface area contributed by atoms with Gasteiger partial charge in [-0.1, -0.05) is 36.4 Å². The highest BCUT2D eigenvalue weighted by molar-refractivity contribution is 5.89. The number of ether oxygens (including phenoxy) is 2. The lowest BCUT2D eigenvalue weighted by molar-refractivity contribution is -0.129. The van der Waals surface area contributed by atoms with Crippen LogP contribution in [0.25, 0.3) is 0 Å². The van der Waals surface area contributed by atoms with Crippen LogP contribution in [-0.2, 0) is 22.6 Å². The van der Waals surface area contributed by atoms with Crippen molar-refractivity contribution in [2.75, 3.05) is 47.4 Å². The highest BCUT2D eigenvalue weighted by atomic mass is 16.5. The molecule has 7 nitrogen and oxygen atoms in total. The third-order valence-corrected chi connectivity index (χ3v) is 5.79. The van der Waals surface area contributed by atoms with Gasteiger partial charge in [0.05, 0.1) is 20.1 Å². The topological polar surface area (TPSA) is 71.1 Å². The van der Waals surface area contributed by atoms with Crippen molar-refractivity contribution in [1.82, 2.24) is 15.1 Å². The first-order valence-corrected chi connectivity index (χ1v) is 11.0. The van der Waals surface area contributed by atoms with Crippen LogP contribution < -0.4 is 14.8 Å². The number of carbonyl (C=O) groups excluding carboxylic acids is 2. The van der Waals surface area contributed by atoms with Crippen LogP contribution in [0.3, 0.4) is 0 Å². The molecular weight excluding hydrogens is 406 g/mol. The fraction of sp³-hybridized carbons (Fsp3) is 0.440. The van der Waals surface area contributed by atoms with E-state index in [0.717, 1.165) is 18.7 Å². The first kappa shape index (κ1) is 23.6. The summed E-state index contributed by atoms with van der Waals surface area (Å²) in [5.74, 6) is 1.06. The Morgan fingerprint density at radius 1 is 1.09 bits per heavy atom. The van der Waals surface area contributed by atoms with Gasteiger partial charge in [-0.05, 0) is 36.7 Å². The molecule has 2 aromatic carbocycles. The lowest BCUT2D eigenvalue weighted by Gasteiger charge is -2.19. The molecule has 1 fully saturated rings. The predicted octanol–water partition coefficient (Wildman–Crippen LogP) is 2.34. The number of amides is 2. The van der Waals surface area contributed by atoms with Crippen molar-refractivity contribution >= 4 is 11.8 Å². The molecule has 1 atom stereocenters. The molecular formula is C25H33N3O4. The van der Waals surface area contributed by atoms with E-state index in [1.807, 2.05) is 43.4 Å². The minimum atomic E-state index is -0.285. The summed E-state index contributed by atoms with van der Waals surface area (Å²) in [7, 11) is 5.25. The number of likely N-dealkylation sites (N-methyl/N-ethyl adjacent to an activating group) is 1. The maximum atomic E-state index is 12.6. The number of methoxy groups -OCH3 is 2. The van der Waals surface area contributed by atoms with Crippen molar-refractivity contribution in [3.63, 3.8) is 0 Å². The van der Waals surface area contributed by atoms with E-state index in [9.17, 15) is 9.59 Å². The van der Waals surface area contributed by atoms with Crippen LogP contribution in [0.2, 0.25) is 0 Å². The van der Waals surface area contributed by atoms with Gasteiger partial charge in [-0.2, -0.15) is 0 Å². The predicted molar refractivity (Wildman–Crippen MR) is 124 cm³/mol. The normalized spacial score (nSPS) is 15.8. The molecule has 0 saturated carbocycles. The highest BCUT2D eigenvalue weighted by Crippen LogP contribution is 2.28. The summed E-state index contributed by atoms with van der Waals surface area (Å²) in [6.07, 6.45) is 0.975. The van der Waals surface area contributed by atoms with Crippen molar-refractivity contribution in [2.24, 2.45) is 5.92 Å². The van der Waals surface area contributed by atoms with Crippen LogP contribution in [0.5, 0.6) is 11.5 Å². The first-order chi connectivity index (χ1) is 15.5. The standard InChI is InChI=1S/C25H33N3O4/c1-27(17-20-7-5-4-6-8-20)14-12-26-25(30)21-16-24(29)28(18-21)13-11-19-9-10-22(31-2)23(15-19)32-3/h4-10,15,21H,11-14,16-18H2,1-3H3,(H,26,30).